The van der Waals surface area contributed by atoms with Crippen molar-refractivity contribution in [1.29, 1.82) is 0 Å². The van der Waals surface area contributed by atoms with Gasteiger partial charge in [-0.05, 0) is 49.9 Å². The summed E-state index contributed by atoms with van der Waals surface area (Å²) in [5, 5.41) is 7.05. The fourth-order valence-corrected chi connectivity index (χ4v) is 3.89. The Bertz CT molecular complexity index is 784. The van der Waals surface area contributed by atoms with E-state index >= 15 is 0 Å². The molecule has 2 N–H and O–H groups in total. The van der Waals surface area contributed by atoms with Crippen LogP contribution in [0.1, 0.15) is 37.8 Å². The SMILES string of the molecule is CCOc1cccc(CNC(=NC)NC2CCN(Cc3ccccc3)C(C)C2)c1.I. The number of hydrogen-bond donors (Lipinski definition) is 2. The van der Waals surface area contributed by atoms with Crippen LogP contribution in [0.25, 0.3) is 0 Å². The summed E-state index contributed by atoms with van der Waals surface area (Å²) >= 11 is 0. The number of hydrogen-bond acceptors (Lipinski definition) is 3. The summed E-state index contributed by atoms with van der Waals surface area (Å²) in [6.45, 7) is 7.86. The van der Waals surface area contributed by atoms with Crippen molar-refractivity contribution in [2.75, 3.05) is 20.2 Å². The molecule has 2 aromatic carbocycles. The van der Waals surface area contributed by atoms with Gasteiger partial charge in [-0.1, -0.05) is 42.5 Å². The molecular formula is C24H35IN4O. The van der Waals surface area contributed by atoms with Gasteiger partial charge in [-0.3, -0.25) is 9.89 Å². The van der Waals surface area contributed by atoms with Crippen LogP contribution in [-0.2, 0) is 13.1 Å². The number of ether oxygens (including phenoxy) is 1. The molecule has 2 unspecified atom stereocenters. The Balaban J connectivity index is 0.00000320. The van der Waals surface area contributed by atoms with E-state index in [1.54, 1.807) is 0 Å². The molecule has 0 saturated carbocycles. The first kappa shape index (κ1) is 24.5. The molecule has 0 aliphatic carbocycles. The van der Waals surface area contributed by atoms with Crippen LogP contribution in [0.15, 0.2) is 59.6 Å². The predicted octanol–water partition coefficient (Wildman–Crippen LogP) is 4.42. The molecule has 1 fully saturated rings. The Labute approximate surface area is 198 Å². The maximum Gasteiger partial charge on any atom is 0.191 e. The smallest absolute Gasteiger partial charge is 0.191 e. The fraction of sp³-hybridized carbons (Fsp3) is 0.458. The highest BCUT2D eigenvalue weighted by atomic mass is 127. The van der Waals surface area contributed by atoms with E-state index in [0.29, 0.717) is 18.7 Å². The van der Waals surface area contributed by atoms with Crippen LogP contribution in [0.2, 0.25) is 0 Å². The van der Waals surface area contributed by atoms with Crippen molar-refractivity contribution in [3.63, 3.8) is 0 Å². The highest BCUT2D eigenvalue weighted by Gasteiger charge is 2.25. The number of guanidine groups is 1. The topological polar surface area (TPSA) is 48.9 Å². The summed E-state index contributed by atoms with van der Waals surface area (Å²) in [5.41, 5.74) is 2.57. The standard InChI is InChI=1S/C24H34N4O.HI/c1-4-29-23-12-8-11-21(16-23)17-26-24(25-3)27-22-13-14-28(19(2)15-22)18-20-9-6-5-7-10-20;/h5-12,16,19,22H,4,13-15,17-18H2,1-3H3,(H2,25,26,27);1H. The number of nitrogens with one attached hydrogen (secondary N) is 2. The molecule has 2 aromatic rings. The Morgan fingerprint density at radius 1 is 1.13 bits per heavy atom. The van der Waals surface area contributed by atoms with Gasteiger partial charge in [0, 0.05) is 38.8 Å². The van der Waals surface area contributed by atoms with Crippen LogP contribution in [0.3, 0.4) is 0 Å². The third-order valence-corrected chi connectivity index (χ3v) is 5.48. The van der Waals surface area contributed by atoms with Crippen LogP contribution in [-0.4, -0.2) is 43.1 Å². The largest absolute Gasteiger partial charge is 0.494 e. The van der Waals surface area contributed by atoms with Gasteiger partial charge in [0.1, 0.15) is 5.75 Å². The minimum Gasteiger partial charge on any atom is -0.494 e. The molecule has 1 heterocycles. The van der Waals surface area contributed by atoms with Gasteiger partial charge in [0.15, 0.2) is 5.96 Å². The maximum absolute atomic E-state index is 5.59. The van der Waals surface area contributed by atoms with E-state index in [1.807, 2.05) is 26.1 Å². The summed E-state index contributed by atoms with van der Waals surface area (Å²) in [5.74, 6) is 1.77. The van der Waals surface area contributed by atoms with Crippen LogP contribution < -0.4 is 15.4 Å². The first-order valence-corrected chi connectivity index (χ1v) is 10.6. The number of benzene rings is 2. The van der Waals surface area contributed by atoms with Crippen molar-refractivity contribution >= 4 is 29.9 Å². The maximum atomic E-state index is 5.59. The van der Waals surface area contributed by atoms with E-state index in [-0.39, 0.29) is 24.0 Å². The second-order valence-corrected chi connectivity index (χ2v) is 7.68. The van der Waals surface area contributed by atoms with Crippen molar-refractivity contribution in [2.24, 2.45) is 4.99 Å². The van der Waals surface area contributed by atoms with E-state index in [2.05, 4.69) is 69.9 Å². The lowest BCUT2D eigenvalue weighted by Gasteiger charge is -2.38. The highest BCUT2D eigenvalue weighted by Crippen LogP contribution is 2.20. The average molecular weight is 522 g/mol. The zero-order valence-corrected chi connectivity index (χ0v) is 20.6. The minimum absolute atomic E-state index is 0. The zero-order valence-electron chi connectivity index (χ0n) is 18.3. The van der Waals surface area contributed by atoms with Crippen molar-refractivity contribution in [2.45, 2.75) is 51.9 Å². The van der Waals surface area contributed by atoms with Gasteiger partial charge in [-0.15, -0.1) is 24.0 Å². The van der Waals surface area contributed by atoms with Gasteiger partial charge in [0.25, 0.3) is 0 Å². The molecule has 0 aromatic heterocycles. The lowest BCUT2D eigenvalue weighted by molar-refractivity contribution is 0.134. The van der Waals surface area contributed by atoms with E-state index in [1.165, 1.54) is 11.1 Å². The van der Waals surface area contributed by atoms with E-state index in [9.17, 15) is 0 Å². The first-order valence-electron chi connectivity index (χ1n) is 10.6. The third-order valence-electron chi connectivity index (χ3n) is 5.48. The monoisotopic (exact) mass is 522 g/mol. The molecule has 5 nitrogen and oxygen atoms in total. The molecule has 0 radical (unpaired) electrons. The van der Waals surface area contributed by atoms with Crippen LogP contribution in [0.5, 0.6) is 5.75 Å². The average Bonchev–Trinajstić information content (AvgIpc) is 2.74. The summed E-state index contributed by atoms with van der Waals surface area (Å²) in [4.78, 5) is 6.99. The Hall–Kier alpha value is -1.80. The normalized spacial score (nSPS) is 19.6. The number of nitrogens with zero attached hydrogens (tertiary/aromatic N) is 2. The molecular weight excluding hydrogens is 487 g/mol. The van der Waals surface area contributed by atoms with E-state index in [4.69, 9.17) is 4.74 Å². The molecule has 30 heavy (non-hydrogen) atoms. The van der Waals surface area contributed by atoms with Crippen LogP contribution in [0.4, 0.5) is 0 Å². The summed E-state index contributed by atoms with van der Waals surface area (Å²) < 4.78 is 5.59. The molecule has 1 aliphatic heterocycles. The number of likely N-dealkylation sites (tertiary alicyclic amines) is 1. The van der Waals surface area contributed by atoms with Crippen molar-refractivity contribution in [3.05, 3.63) is 65.7 Å². The lowest BCUT2D eigenvalue weighted by atomic mass is 9.97. The number of rotatable bonds is 7. The molecule has 1 saturated heterocycles. The summed E-state index contributed by atoms with van der Waals surface area (Å²) in [7, 11) is 1.83. The summed E-state index contributed by atoms with van der Waals surface area (Å²) in [6.07, 6.45) is 2.24. The van der Waals surface area contributed by atoms with E-state index < -0.39 is 0 Å². The Morgan fingerprint density at radius 3 is 2.60 bits per heavy atom. The second kappa shape index (κ2) is 12.8. The lowest BCUT2D eigenvalue weighted by Crippen LogP contribution is -2.51. The first-order chi connectivity index (χ1) is 14.2. The highest BCUT2D eigenvalue weighted by molar-refractivity contribution is 14.0. The molecule has 1 aliphatic rings. The molecule has 0 spiro atoms. The number of halogens is 1. The number of aliphatic imine (C=N–C) groups is 1. The van der Waals surface area contributed by atoms with Crippen molar-refractivity contribution in [3.8, 4) is 5.75 Å². The molecule has 164 valence electrons. The van der Waals surface area contributed by atoms with Gasteiger partial charge >= 0.3 is 0 Å². The molecule has 0 bridgehead atoms. The van der Waals surface area contributed by atoms with Gasteiger partial charge < -0.3 is 15.4 Å². The van der Waals surface area contributed by atoms with Crippen LogP contribution in [0, 0.1) is 0 Å². The van der Waals surface area contributed by atoms with Crippen LogP contribution >= 0.6 is 24.0 Å². The van der Waals surface area contributed by atoms with Crippen molar-refractivity contribution < 1.29 is 4.74 Å². The quantitative estimate of drug-likeness (QED) is 0.321. The molecule has 6 heteroatoms. The zero-order chi connectivity index (χ0) is 20.5. The Morgan fingerprint density at radius 2 is 1.90 bits per heavy atom. The predicted molar refractivity (Wildman–Crippen MR) is 136 cm³/mol. The fourth-order valence-electron chi connectivity index (χ4n) is 3.89. The second-order valence-electron chi connectivity index (χ2n) is 7.68. The Kier molecular flexibility index (Phi) is 10.4. The van der Waals surface area contributed by atoms with E-state index in [0.717, 1.165) is 44.2 Å². The molecule has 0 amide bonds. The van der Waals surface area contributed by atoms with Gasteiger partial charge in [0.05, 0.1) is 6.61 Å². The van der Waals surface area contributed by atoms with Gasteiger partial charge in [-0.25, -0.2) is 0 Å². The number of piperidine rings is 1. The molecule has 2 atom stereocenters. The summed E-state index contributed by atoms with van der Waals surface area (Å²) in [6, 6.07) is 19.9. The third kappa shape index (κ3) is 7.47. The van der Waals surface area contributed by atoms with Gasteiger partial charge in [0.2, 0.25) is 0 Å². The van der Waals surface area contributed by atoms with Gasteiger partial charge in [-0.2, -0.15) is 0 Å². The molecule has 3 rings (SSSR count). The van der Waals surface area contributed by atoms with Crippen molar-refractivity contribution in [1.82, 2.24) is 15.5 Å². The minimum atomic E-state index is 0.